The molecule has 0 spiro atoms. The van der Waals surface area contributed by atoms with Gasteiger partial charge in [-0.15, -0.1) is 11.8 Å². The first-order chi connectivity index (χ1) is 9.19. The maximum Gasteiger partial charge on any atom is 0.0465 e. The number of hydrogen-bond donors (Lipinski definition) is 1. The van der Waals surface area contributed by atoms with Gasteiger partial charge in [0.15, 0.2) is 0 Å². The molecule has 0 radical (unpaired) electrons. The summed E-state index contributed by atoms with van der Waals surface area (Å²) in [6.45, 7) is 6.31. The van der Waals surface area contributed by atoms with Crippen molar-refractivity contribution in [2.24, 2.45) is 5.92 Å². The van der Waals surface area contributed by atoms with Crippen LogP contribution >= 0.6 is 27.7 Å². The summed E-state index contributed by atoms with van der Waals surface area (Å²) in [5.74, 6) is 1.70. The van der Waals surface area contributed by atoms with Gasteiger partial charge in [0, 0.05) is 34.9 Å². The van der Waals surface area contributed by atoms with Crippen molar-refractivity contribution in [3.8, 4) is 0 Å². The minimum Gasteiger partial charge on any atom is -0.385 e. The normalized spacial score (nSPS) is 14.3. The van der Waals surface area contributed by atoms with E-state index in [-0.39, 0.29) is 0 Å². The molecule has 2 atom stereocenters. The summed E-state index contributed by atoms with van der Waals surface area (Å²) in [5.41, 5.74) is 0. The maximum absolute atomic E-state index is 5.18. The highest BCUT2D eigenvalue weighted by Crippen LogP contribution is 2.28. The number of thioether (sulfide) groups is 1. The average Bonchev–Trinajstić information content (AvgIpc) is 2.42. The van der Waals surface area contributed by atoms with Gasteiger partial charge in [-0.05, 0) is 46.9 Å². The van der Waals surface area contributed by atoms with E-state index in [1.165, 1.54) is 9.37 Å². The van der Waals surface area contributed by atoms with Gasteiger partial charge in [0.25, 0.3) is 0 Å². The Morgan fingerprint density at radius 1 is 1.37 bits per heavy atom. The quantitative estimate of drug-likeness (QED) is 0.678. The van der Waals surface area contributed by atoms with Crippen LogP contribution in [0, 0.1) is 5.92 Å². The van der Waals surface area contributed by atoms with E-state index in [9.17, 15) is 0 Å². The summed E-state index contributed by atoms with van der Waals surface area (Å²) >= 11 is 5.51. The first kappa shape index (κ1) is 17.0. The molecule has 0 fully saturated rings. The lowest BCUT2D eigenvalue weighted by Gasteiger charge is -2.24. The Hall–Kier alpha value is -0.0300. The molecule has 0 aliphatic carbocycles. The Morgan fingerprint density at radius 3 is 2.74 bits per heavy atom. The predicted molar refractivity (Wildman–Crippen MR) is 88.0 cm³/mol. The van der Waals surface area contributed by atoms with E-state index in [1.807, 2.05) is 11.8 Å². The van der Waals surface area contributed by atoms with Crippen molar-refractivity contribution >= 4 is 27.7 Å². The van der Waals surface area contributed by atoms with E-state index in [4.69, 9.17) is 4.74 Å². The lowest BCUT2D eigenvalue weighted by atomic mass is 10.0. The van der Waals surface area contributed by atoms with E-state index in [0.29, 0.717) is 12.0 Å². The van der Waals surface area contributed by atoms with Crippen LogP contribution in [0.4, 0.5) is 0 Å². The van der Waals surface area contributed by atoms with Gasteiger partial charge in [-0.2, -0.15) is 0 Å². The number of nitrogens with one attached hydrogen (secondary N) is 1. The Morgan fingerprint density at radius 2 is 2.11 bits per heavy atom. The Balaban J connectivity index is 2.51. The Bertz CT molecular complexity index is 362. The minimum absolute atomic E-state index is 0.525. The van der Waals surface area contributed by atoms with Gasteiger partial charge in [0.2, 0.25) is 0 Å². The molecule has 0 aliphatic heterocycles. The van der Waals surface area contributed by atoms with Crippen molar-refractivity contribution < 1.29 is 4.74 Å². The highest BCUT2D eigenvalue weighted by atomic mass is 79.9. The zero-order valence-electron chi connectivity index (χ0n) is 12.0. The van der Waals surface area contributed by atoms with Crippen molar-refractivity contribution in [3.63, 3.8) is 0 Å². The van der Waals surface area contributed by atoms with Crippen LogP contribution in [0.2, 0.25) is 0 Å². The van der Waals surface area contributed by atoms with Crippen LogP contribution < -0.4 is 5.32 Å². The number of ether oxygens (including phenoxy) is 1. The summed E-state index contributed by atoms with van der Waals surface area (Å²) in [6, 6.07) is 8.93. The molecule has 1 N–H and O–H groups in total. The average molecular weight is 346 g/mol. The molecule has 1 rings (SSSR count). The smallest absolute Gasteiger partial charge is 0.0465 e. The third kappa shape index (κ3) is 6.30. The van der Waals surface area contributed by atoms with E-state index in [0.717, 1.165) is 25.3 Å². The molecule has 0 saturated carbocycles. The number of halogens is 1. The number of benzene rings is 1. The van der Waals surface area contributed by atoms with Gasteiger partial charge in [0.1, 0.15) is 0 Å². The largest absolute Gasteiger partial charge is 0.385 e. The third-order valence-electron chi connectivity index (χ3n) is 3.19. The standard InChI is InChI=1S/C15H24BrNOS/c1-4-17-14(12(2)9-10-18-3)11-19-15-8-6-5-7-13(15)16/h5-8,12,14,17H,4,9-11H2,1-3H3. The van der Waals surface area contributed by atoms with Crippen molar-refractivity contribution in [3.05, 3.63) is 28.7 Å². The van der Waals surface area contributed by atoms with E-state index in [1.54, 1.807) is 7.11 Å². The molecule has 0 aromatic heterocycles. The third-order valence-corrected chi connectivity index (χ3v) is 5.33. The molecule has 0 bridgehead atoms. The zero-order chi connectivity index (χ0) is 14.1. The van der Waals surface area contributed by atoms with Crippen LogP contribution in [0.3, 0.4) is 0 Å². The van der Waals surface area contributed by atoms with E-state index < -0.39 is 0 Å². The van der Waals surface area contributed by atoms with Crippen LogP contribution in [0.5, 0.6) is 0 Å². The van der Waals surface area contributed by atoms with Crippen LogP contribution in [0.15, 0.2) is 33.6 Å². The van der Waals surface area contributed by atoms with Crippen LogP contribution in [0.25, 0.3) is 0 Å². The monoisotopic (exact) mass is 345 g/mol. The fourth-order valence-corrected chi connectivity index (χ4v) is 3.75. The van der Waals surface area contributed by atoms with Gasteiger partial charge in [-0.1, -0.05) is 26.0 Å². The fraction of sp³-hybridized carbons (Fsp3) is 0.600. The lowest BCUT2D eigenvalue weighted by molar-refractivity contribution is 0.172. The topological polar surface area (TPSA) is 21.3 Å². The van der Waals surface area contributed by atoms with E-state index in [2.05, 4.69) is 59.4 Å². The van der Waals surface area contributed by atoms with Gasteiger partial charge in [0.05, 0.1) is 0 Å². The summed E-state index contributed by atoms with van der Waals surface area (Å²) in [4.78, 5) is 1.31. The molecule has 0 heterocycles. The van der Waals surface area contributed by atoms with Crippen molar-refractivity contribution in [2.45, 2.75) is 31.2 Å². The van der Waals surface area contributed by atoms with Gasteiger partial charge >= 0.3 is 0 Å². The summed E-state index contributed by atoms with van der Waals surface area (Å²) in [6.07, 6.45) is 1.10. The molecule has 4 heteroatoms. The van der Waals surface area contributed by atoms with Crippen molar-refractivity contribution in [1.82, 2.24) is 5.32 Å². The molecule has 0 amide bonds. The molecule has 0 saturated heterocycles. The highest BCUT2D eigenvalue weighted by Gasteiger charge is 2.16. The fourth-order valence-electron chi connectivity index (χ4n) is 1.93. The predicted octanol–water partition coefficient (Wildman–Crippen LogP) is 4.19. The first-order valence-electron chi connectivity index (χ1n) is 6.78. The second-order valence-electron chi connectivity index (χ2n) is 4.66. The molecule has 1 aromatic carbocycles. The first-order valence-corrected chi connectivity index (χ1v) is 8.56. The molecule has 0 aliphatic rings. The van der Waals surface area contributed by atoms with Crippen LogP contribution in [-0.4, -0.2) is 32.1 Å². The summed E-state index contributed by atoms with van der Waals surface area (Å²) < 4.78 is 6.36. The Kier molecular flexibility index (Phi) is 8.79. The number of methoxy groups -OCH3 is 1. The molecular formula is C15H24BrNOS. The number of hydrogen-bond acceptors (Lipinski definition) is 3. The maximum atomic E-state index is 5.18. The van der Waals surface area contributed by atoms with Crippen molar-refractivity contribution in [1.29, 1.82) is 0 Å². The minimum atomic E-state index is 0.525. The number of rotatable bonds is 9. The van der Waals surface area contributed by atoms with E-state index >= 15 is 0 Å². The van der Waals surface area contributed by atoms with Crippen molar-refractivity contribution in [2.75, 3.05) is 26.0 Å². The molecule has 2 unspecified atom stereocenters. The van der Waals surface area contributed by atoms with Gasteiger partial charge in [-0.3, -0.25) is 0 Å². The van der Waals surface area contributed by atoms with Crippen LogP contribution in [-0.2, 0) is 4.74 Å². The van der Waals surface area contributed by atoms with Gasteiger partial charge < -0.3 is 10.1 Å². The Labute approximate surface area is 129 Å². The summed E-state index contributed by atoms with van der Waals surface area (Å²) in [5, 5.41) is 3.59. The van der Waals surface area contributed by atoms with Gasteiger partial charge in [-0.25, -0.2) is 0 Å². The second-order valence-corrected chi connectivity index (χ2v) is 6.58. The second kappa shape index (κ2) is 9.81. The molecule has 19 heavy (non-hydrogen) atoms. The molecule has 2 nitrogen and oxygen atoms in total. The molecule has 1 aromatic rings. The zero-order valence-corrected chi connectivity index (χ0v) is 14.4. The van der Waals surface area contributed by atoms with Crippen LogP contribution in [0.1, 0.15) is 20.3 Å². The lowest BCUT2D eigenvalue weighted by Crippen LogP contribution is -2.37. The molecular weight excluding hydrogens is 322 g/mol. The highest BCUT2D eigenvalue weighted by molar-refractivity contribution is 9.10. The molecule has 108 valence electrons. The SMILES string of the molecule is CCNC(CSc1ccccc1Br)C(C)CCOC. The summed E-state index contributed by atoms with van der Waals surface area (Å²) in [7, 11) is 1.77.